The van der Waals surface area contributed by atoms with Crippen LogP contribution in [0.2, 0.25) is 0 Å². The minimum absolute atomic E-state index is 0.0417. The molecule has 9 atom stereocenters. The Morgan fingerprint density at radius 3 is 2.53 bits per heavy atom. The number of hydrogen-bond donors (Lipinski definition) is 1. The summed E-state index contributed by atoms with van der Waals surface area (Å²) in [6, 6.07) is 0. The predicted octanol–water partition coefficient (Wildman–Crippen LogP) is 4.56. The molecule has 0 saturated heterocycles. The maximum atomic E-state index is 17.3. The molecular weight excluding hydrogens is 479 g/mol. The van der Waals surface area contributed by atoms with E-state index in [-0.39, 0.29) is 47.5 Å². The van der Waals surface area contributed by atoms with Crippen molar-refractivity contribution in [3.63, 3.8) is 0 Å². The molecule has 4 aliphatic carbocycles. The smallest absolute Gasteiger partial charge is 0.306 e. The highest BCUT2D eigenvalue weighted by Crippen LogP contribution is 2.72. The second-order valence-corrected chi connectivity index (χ2v) is 11.9. The first-order valence-electron chi connectivity index (χ1n) is 12.1. The largest absolute Gasteiger partial charge is 0.450 e. The third-order valence-corrected chi connectivity index (χ3v) is 10.7. The van der Waals surface area contributed by atoms with Gasteiger partial charge in [-0.2, -0.15) is 0 Å². The van der Waals surface area contributed by atoms with Gasteiger partial charge in [0.1, 0.15) is 11.5 Å². The van der Waals surface area contributed by atoms with Crippen molar-refractivity contribution in [2.75, 3.05) is 5.33 Å². The third-order valence-electron chi connectivity index (χ3n) is 10.2. The van der Waals surface area contributed by atoms with Gasteiger partial charge in [-0.05, 0) is 49.9 Å². The van der Waals surface area contributed by atoms with Crippen molar-refractivity contribution in [2.45, 2.75) is 96.4 Å². The van der Waals surface area contributed by atoms with Crippen LogP contribution >= 0.6 is 15.9 Å². The summed E-state index contributed by atoms with van der Waals surface area (Å²) in [5, 5.41) is 11.5. The van der Waals surface area contributed by atoms with Crippen LogP contribution in [0.5, 0.6) is 0 Å². The Bertz CT molecular complexity index is 833. The maximum absolute atomic E-state index is 17.3. The van der Waals surface area contributed by atoms with E-state index in [1.807, 2.05) is 20.8 Å². The van der Waals surface area contributed by atoms with Crippen LogP contribution < -0.4 is 0 Å². The van der Waals surface area contributed by atoms with E-state index >= 15 is 4.39 Å². The number of rotatable bonds is 4. The van der Waals surface area contributed by atoms with Crippen LogP contribution in [0, 0.1) is 34.5 Å². The van der Waals surface area contributed by atoms with Gasteiger partial charge in [0.15, 0.2) is 11.4 Å². The average molecular weight is 515 g/mol. The third kappa shape index (κ3) is 2.85. The van der Waals surface area contributed by atoms with E-state index in [9.17, 15) is 19.5 Å². The lowest BCUT2D eigenvalue weighted by atomic mass is 9.42. The molecule has 0 spiro atoms. The SMILES string of the molecule is CCC(=O)O[C@]1(C(=O)CBr)[C@@H](C)C[C@H]2[C@@H]3CC[C@@H]4CC(=O)CC[C@]4(C)[C@@]3(F)[C@@H](O)C[C@@]21C. The molecule has 32 heavy (non-hydrogen) atoms. The normalized spacial score (nSPS) is 50.2. The molecule has 0 bridgehead atoms. The Labute approximate surface area is 198 Å². The van der Waals surface area contributed by atoms with Crippen molar-refractivity contribution in [2.24, 2.45) is 34.5 Å². The van der Waals surface area contributed by atoms with Gasteiger partial charge in [-0.1, -0.05) is 43.6 Å². The van der Waals surface area contributed by atoms with E-state index in [1.54, 1.807) is 6.92 Å². The van der Waals surface area contributed by atoms with Gasteiger partial charge in [-0.3, -0.25) is 14.4 Å². The van der Waals surface area contributed by atoms with Gasteiger partial charge in [0.05, 0.1) is 11.4 Å². The molecule has 4 aliphatic rings. The molecular formula is C25H36BrFO5. The highest BCUT2D eigenvalue weighted by molar-refractivity contribution is 9.09. The monoisotopic (exact) mass is 514 g/mol. The highest BCUT2D eigenvalue weighted by atomic mass is 79.9. The van der Waals surface area contributed by atoms with Crippen LogP contribution in [0.15, 0.2) is 0 Å². The molecule has 1 N–H and O–H groups in total. The van der Waals surface area contributed by atoms with Crippen molar-refractivity contribution in [1.82, 2.24) is 0 Å². The second kappa shape index (κ2) is 7.86. The molecule has 5 nitrogen and oxygen atoms in total. The number of aliphatic hydroxyl groups excluding tert-OH is 1. The zero-order valence-corrected chi connectivity index (χ0v) is 21.2. The number of Topliss-reactive ketones (excluding diaryl/α,β-unsaturated/α-hetero) is 2. The summed E-state index contributed by atoms with van der Waals surface area (Å²) in [6.07, 6.45) is 2.05. The maximum Gasteiger partial charge on any atom is 0.306 e. The topological polar surface area (TPSA) is 80.7 Å². The van der Waals surface area contributed by atoms with Crippen LogP contribution in [0.1, 0.15) is 79.1 Å². The quantitative estimate of drug-likeness (QED) is 0.439. The van der Waals surface area contributed by atoms with E-state index < -0.39 is 40.1 Å². The number of ether oxygens (including phenoxy) is 1. The summed E-state index contributed by atoms with van der Waals surface area (Å²) < 4.78 is 23.3. The molecule has 180 valence electrons. The minimum atomic E-state index is -1.82. The van der Waals surface area contributed by atoms with Crippen LogP contribution in [0.3, 0.4) is 0 Å². The van der Waals surface area contributed by atoms with Crippen LogP contribution in [-0.2, 0) is 19.1 Å². The van der Waals surface area contributed by atoms with Gasteiger partial charge in [0.2, 0.25) is 0 Å². The fourth-order valence-electron chi connectivity index (χ4n) is 8.59. The standard InChI is InChI=1S/C25H36BrFO5/c1-5-21(31)32-25(20(30)13-26)14(2)10-18-17-7-6-15-11-16(28)8-9-22(15,3)24(17,27)19(29)12-23(18,25)4/h14-15,17-19,29H,5-13H2,1-4H3/t14-,15+,17-,18-,19-,22-,23-,24-,25-/m0/s1. The predicted molar refractivity (Wildman–Crippen MR) is 121 cm³/mol. The van der Waals surface area contributed by atoms with Gasteiger partial charge in [-0.15, -0.1) is 0 Å². The molecule has 0 aromatic carbocycles. The molecule has 4 saturated carbocycles. The number of fused-ring (bicyclic) bond motifs is 5. The Morgan fingerprint density at radius 1 is 1.22 bits per heavy atom. The summed E-state index contributed by atoms with van der Waals surface area (Å²) >= 11 is 3.29. The molecule has 7 heteroatoms. The molecule has 0 aromatic heterocycles. The Balaban J connectivity index is 1.81. The number of aliphatic hydroxyl groups is 1. The molecule has 0 unspecified atom stereocenters. The van der Waals surface area contributed by atoms with E-state index in [2.05, 4.69) is 15.9 Å². The van der Waals surface area contributed by atoms with Crippen molar-refractivity contribution < 1.29 is 28.6 Å². The molecule has 0 amide bonds. The molecule has 4 fully saturated rings. The van der Waals surface area contributed by atoms with E-state index in [0.29, 0.717) is 32.1 Å². The van der Waals surface area contributed by atoms with Crippen LogP contribution in [0.25, 0.3) is 0 Å². The number of ketones is 2. The van der Waals surface area contributed by atoms with Gasteiger partial charge in [0, 0.05) is 36.0 Å². The molecule has 0 radical (unpaired) electrons. The van der Waals surface area contributed by atoms with E-state index in [4.69, 9.17) is 4.74 Å². The number of halogens is 2. The lowest BCUT2D eigenvalue weighted by molar-refractivity contribution is -0.257. The number of alkyl halides is 2. The van der Waals surface area contributed by atoms with Crippen molar-refractivity contribution in [3.05, 3.63) is 0 Å². The first kappa shape index (κ1) is 24.3. The minimum Gasteiger partial charge on any atom is -0.450 e. The van der Waals surface area contributed by atoms with Gasteiger partial charge in [-0.25, -0.2) is 4.39 Å². The summed E-state index contributed by atoms with van der Waals surface area (Å²) in [5.41, 5.74) is -4.81. The molecule has 0 heterocycles. The summed E-state index contributed by atoms with van der Waals surface area (Å²) in [5.74, 6) is -1.42. The molecule has 0 aliphatic heterocycles. The number of carbonyl (C=O) groups is 3. The Morgan fingerprint density at radius 2 is 1.91 bits per heavy atom. The van der Waals surface area contributed by atoms with Gasteiger partial charge < -0.3 is 9.84 Å². The summed E-state index contributed by atoms with van der Waals surface area (Å²) in [4.78, 5) is 38.0. The Kier molecular flexibility index (Phi) is 5.97. The number of hydrogen-bond acceptors (Lipinski definition) is 5. The van der Waals surface area contributed by atoms with E-state index in [0.717, 1.165) is 6.42 Å². The van der Waals surface area contributed by atoms with Crippen molar-refractivity contribution in [1.29, 1.82) is 0 Å². The number of carbonyl (C=O) groups excluding carboxylic acids is 3. The first-order valence-corrected chi connectivity index (χ1v) is 13.2. The Hall–Kier alpha value is -0.820. The second-order valence-electron chi connectivity index (χ2n) is 11.3. The van der Waals surface area contributed by atoms with Crippen molar-refractivity contribution >= 4 is 33.5 Å². The van der Waals surface area contributed by atoms with Crippen LogP contribution in [-0.4, -0.2) is 45.3 Å². The van der Waals surface area contributed by atoms with Gasteiger partial charge in [0.25, 0.3) is 0 Å². The van der Waals surface area contributed by atoms with Crippen molar-refractivity contribution in [3.8, 4) is 0 Å². The highest BCUT2D eigenvalue weighted by Gasteiger charge is 2.77. The first-order chi connectivity index (χ1) is 14.9. The zero-order chi connectivity index (χ0) is 23.7. The average Bonchev–Trinajstić information content (AvgIpc) is 2.96. The summed E-state index contributed by atoms with van der Waals surface area (Å²) in [7, 11) is 0. The molecule has 4 rings (SSSR count). The van der Waals surface area contributed by atoms with E-state index in [1.165, 1.54) is 0 Å². The summed E-state index contributed by atoms with van der Waals surface area (Å²) in [6.45, 7) is 7.47. The lowest BCUT2D eigenvalue weighted by Crippen LogP contribution is -2.71. The fourth-order valence-corrected chi connectivity index (χ4v) is 9.01. The number of esters is 1. The zero-order valence-electron chi connectivity index (χ0n) is 19.6. The van der Waals surface area contributed by atoms with Crippen LogP contribution in [0.4, 0.5) is 4.39 Å². The lowest BCUT2D eigenvalue weighted by Gasteiger charge is -2.65. The van der Waals surface area contributed by atoms with Gasteiger partial charge >= 0.3 is 5.97 Å². The molecule has 0 aromatic rings. The fraction of sp³-hybridized carbons (Fsp3) is 0.880.